The van der Waals surface area contributed by atoms with Gasteiger partial charge < -0.3 is 24.4 Å². The van der Waals surface area contributed by atoms with Gasteiger partial charge in [0.1, 0.15) is 11.5 Å². The first-order valence-corrected chi connectivity index (χ1v) is 7.51. The van der Waals surface area contributed by atoms with Gasteiger partial charge in [0.2, 0.25) is 5.91 Å². The Bertz CT molecular complexity index is 568. The Morgan fingerprint density at radius 3 is 2.35 bits per heavy atom. The molecule has 126 valence electrons. The number of carboxylic acid groups (broad SMARTS) is 1. The zero-order valence-corrected chi connectivity index (χ0v) is 13.4. The van der Waals surface area contributed by atoms with Crippen LogP contribution >= 0.6 is 0 Å². The molecule has 0 bridgehead atoms. The van der Waals surface area contributed by atoms with Crippen molar-refractivity contribution in [3.05, 3.63) is 18.2 Å². The number of hydrogen-bond donors (Lipinski definition) is 1. The van der Waals surface area contributed by atoms with Gasteiger partial charge in [-0.2, -0.15) is 0 Å². The molecule has 0 spiro atoms. The third-order valence-electron chi connectivity index (χ3n) is 3.91. The van der Waals surface area contributed by atoms with Crippen molar-refractivity contribution in [2.75, 3.05) is 45.3 Å². The van der Waals surface area contributed by atoms with Crippen molar-refractivity contribution in [2.45, 2.75) is 12.8 Å². The predicted octanol–water partition coefficient (Wildman–Crippen LogP) is 1.22. The summed E-state index contributed by atoms with van der Waals surface area (Å²) in [6.07, 6.45) is -0.0689. The van der Waals surface area contributed by atoms with Crippen LogP contribution in [-0.2, 0) is 9.59 Å². The highest BCUT2D eigenvalue weighted by atomic mass is 16.5. The van der Waals surface area contributed by atoms with E-state index in [0.717, 1.165) is 17.2 Å². The maximum absolute atomic E-state index is 12.0. The third-order valence-corrected chi connectivity index (χ3v) is 3.91. The largest absolute Gasteiger partial charge is 0.497 e. The molecule has 1 heterocycles. The number of ether oxygens (including phenoxy) is 2. The van der Waals surface area contributed by atoms with Crippen LogP contribution in [0.3, 0.4) is 0 Å². The molecule has 1 saturated heterocycles. The van der Waals surface area contributed by atoms with E-state index in [-0.39, 0.29) is 18.7 Å². The van der Waals surface area contributed by atoms with Gasteiger partial charge in [-0.25, -0.2) is 0 Å². The van der Waals surface area contributed by atoms with Crippen molar-refractivity contribution >= 4 is 17.6 Å². The number of benzene rings is 1. The van der Waals surface area contributed by atoms with E-state index in [4.69, 9.17) is 14.6 Å². The number of piperazine rings is 1. The number of carbonyl (C=O) groups is 2. The molecular formula is C16H22N2O5. The molecule has 0 radical (unpaired) electrons. The molecule has 1 fully saturated rings. The summed E-state index contributed by atoms with van der Waals surface area (Å²) in [6, 6.07) is 5.62. The molecule has 1 aliphatic heterocycles. The lowest BCUT2D eigenvalue weighted by atomic mass is 10.2. The summed E-state index contributed by atoms with van der Waals surface area (Å²) in [4.78, 5) is 26.4. The first-order valence-electron chi connectivity index (χ1n) is 7.51. The van der Waals surface area contributed by atoms with Crippen LogP contribution in [0.15, 0.2) is 18.2 Å². The van der Waals surface area contributed by atoms with Crippen LogP contribution in [0, 0.1) is 0 Å². The first-order chi connectivity index (χ1) is 11.0. The van der Waals surface area contributed by atoms with Crippen molar-refractivity contribution in [1.29, 1.82) is 0 Å². The smallest absolute Gasteiger partial charge is 0.303 e. The fourth-order valence-electron chi connectivity index (χ4n) is 2.61. The summed E-state index contributed by atoms with van der Waals surface area (Å²) in [7, 11) is 3.24. The van der Waals surface area contributed by atoms with Gasteiger partial charge in [-0.3, -0.25) is 9.59 Å². The molecule has 1 aliphatic rings. The molecule has 2 rings (SSSR count). The molecule has 1 aromatic rings. The predicted molar refractivity (Wildman–Crippen MR) is 85.2 cm³/mol. The van der Waals surface area contributed by atoms with Gasteiger partial charge in [0.15, 0.2) is 0 Å². The average molecular weight is 322 g/mol. The van der Waals surface area contributed by atoms with E-state index >= 15 is 0 Å². The van der Waals surface area contributed by atoms with Crippen LogP contribution in [0.4, 0.5) is 5.69 Å². The van der Waals surface area contributed by atoms with Crippen LogP contribution in [0.5, 0.6) is 11.5 Å². The maximum atomic E-state index is 12.0. The second-order valence-corrected chi connectivity index (χ2v) is 5.30. The van der Waals surface area contributed by atoms with Gasteiger partial charge in [-0.05, 0) is 12.1 Å². The van der Waals surface area contributed by atoms with Crippen molar-refractivity contribution in [2.24, 2.45) is 0 Å². The summed E-state index contributed by atoms with van der Waals surface area (Å²) in [5.74, 6) is 0.458. The molecule has 0 aromatic heterocycles. The van der Waals surface area contributed by atoms with E-state index in [1.807, 2.05) is 18.2 Å². The fraction of sp³-hybridized carbons (Fsp3) is 0.500. The highest BCUT2D eigenvalue weighted by Crippen LogP contribution is 2.32. The number of nitrogens with zero attached hydrogens (tertiary/aromatic N) is 2. The molecule has 23 heavy (non-hydrogen) atoms. The zero-order valence-electron chi connectivity index (χ0n) is 13.4. The van der Waals surface area contributed by atoms with Gasteiger partial charge in [0.25, 0.3) is 0 Å². The minimum Gasteiger partial charge on any atom is -0.497 e. The molecule has 0 aliphatic carbocycles. The number of amides is 1. The summed E-state index contributed by atoms with van der Waals surface area (Å²) < 4.78 is 10.7. The van der Waals surface area contributed by atoms with E-state index in [9.17, 15) is 9.59 Å². The summed E-state index contributed by atoms with van der Waals surface area (Å²) in [6.45, 7) is 2.47. The Labute approximate surface area is 135 Å². The van der Waals surface area contributed by atoms with Crippen LogP contribution in [0.25, 0.3) is 0 Å². The first kappa shape index (κ1) is 16.9. The normalized spacial score (nSPS) is 14.5. The Balaban J connectivity index is 1.99. The van der Waals surface area contributed by atoms with E-state index in [0.29, 0.717) is 26.2 Å². The lowest BCUT2D eigenvalue weighted by Gasteiger charge is -2.36. The van der Waals surface area contributed by atoms with Gasteiger partial charge >= 0.3 is 5.97 Å². The second-order valence-electron chi connectivity index (χ2n) is 5.30. The van der Waals surface area contributed by atoms with Crippen LogP contribution < -0.4 is 14.4 Å². The monoisotopic (exact) mass is 322 g/mol. The maximum Gasteiger partial charge on any atom is 0.303 e. The summed E-state index contributed by atoms with van der Waals surface area (Å²) in [5, 5.41) is 8.65. The highest BCUT2D eigenvalue weighted by molar-refractivity contribution is 5.81. The van der Waals surface area contributed by atoms with Crippen molar-refractivity contribution in [3.63, 3.8) is 0 Å². The summed E-state index contributed by atoms with van der Waals surface area (Å²) in [5.41, 5.74) is 0.935. The molecule has 0 saturated carbocycles. The Morgan fingerprint density at radius 1 is 1.09 bits per heavy atom. The lowest BCUT2D eigenvalue weighted by Crippen LogP contribution is -2.48. The number of hydrogen-bond acceptors (Lipinski definition) is 5. The summed E-state index contributed by atoms with van der Waals surface area (Å²) >= 11 is 0. The topological polar surface area (TPSA) is 79.3 Å². The number of methoxy groups -OCH3 is 2. The Kier molecular flexibility index (Phi) is 5.67. The molecule has 7 heteroatoms. The van der Waals surface area contributed by atoms with Gasteiger partial charge in [-0.1, -0.05) is 0 Å². The zero-order chi connectivity index (χ0) is 16.8. The number of aliphatic carboxylic acids is 1. The van der Waals surface area contributed by atoms with Crippen LogP contribution in [0.2, 0.25) is 0 Å². The minimum atomic E-state index is -0.946. The molecule has 1 aromatic carbocycles. The third kappa shape index (κ3) is 4.28. The van der Waals surface area contributed by atoms with Crippen LogP contribution in [0.1, 0.15) is 12.8 Å². The number of anilines is 1. The number of carboxylic acids is 1. The van der Waals surface area contributed by atoms with Gasteiger partial charge in [0, 0.05) is 38.7 Å². The molecule has 1 amide bonds. The molecule has 0 atom stereocenters. The Hall–Kier alpha value is -2.44. The van der Waals surface area contributed by atoms with Gasteiger partial charge in [-0.15, -0.1) is 0 Å². The lowest BCUT2D eigenvalue weighted by molar-refractivity contribution is -0.141. The molecule has 0 unspecified atom stereocenters. The molecule has 1 N–H and O–H groups in total. The van der Waals surface area contributed by atoms with Gasteiger partial charge in [0.05, 0.1) is 26.3 Å². The van der Waals surface area contributed by atoms with Crippen LogP contribution in [-0.4, -0.2) is 62.3 Å². The van der Waals surface area contributed by atoms with E-state index in [1.165, 1.54) is 0 Å². The minimum absolute atomic E-state index is 0.0534. The van der Waals surface area contributed by atoms with Crippen molar-refractivity contribution in [3.8, 4) is 11.5 Å². The quantitative estimate of drug-likeness (QED) is 0.848. The number of carbonyl (C=O) groups excluding carboxylic acids is 1. The second kappa shape index (κ2) is 7.71. The standard InChI is InChI=1S/C16H22N2O5/c1-22-12-3-4-14(23-2)13(11-12)17-7-9-18(10-8-17)15(19)5-6-16(20)21/h3-4,11H,5-10H2,1-2H3,(H,20,21). The van der Waals surface area contributed by atoms with E-state index in [2.05, 4.69) is 4.90 Å². The highest BCUT2D eigenvalue weighted by Gasteiger charge is 2.23. The molecule has 7 nitrogen and oxygen atoms in total. The number of rotatable bonds is 6. The van der Waals surface area contributed by atoms with E-state index in [1.54, 1.807) is 19.1 Å². The molecular weight excluding hydrogens is 300 g/mol. The van der Waals surface area contributed by atoms with E-state index < -0.39 is 5.97 Å². The Morgan fingerprint density at radius 2 is 1.78 bits per heavy atom. The SMILES string of the molecule is COc1ccc(OC)c(N2CCN(C(=O)CCC(=O)O)CC2)c1. The van der Waals surface area contributed by atoms with Crippen molar-refractivity contribution in [1.82, 2.24) is 4.90 Å². The average Bonchev–Trinajstić information content (AvgIpc) is 2.59. The fourth-order valence-corrected chi connectivity index (χ4v) is 2.61. The van der Waals surface area contributed by atoms with Crippen molar-refractivity contribution < 1.29 is 24.2 Å².